The first-order valence-corrected chi connectivity index (χ1v) is 13.9. The summed E-state index contributed by atoms with van der Waals surface area (Å²) in [6, 6.07) is 13.6. The largest absolute Gasteiger partial charge is 0.361 e. The summed E-state index contributed by atoms with van der Waals surface area (Å²) in [6.45, 7) is 9.96. The van der Waals surface area contributed by atoms with Crippen LogP contribution >= 0.6 is 11.6 Å². The minimum Gasteiger partial charge on any atom is -0.361 e. The molecule has 198 valence electrons. The number of hydrogen-bond donors (Lipinski definition) is 2. The van der Waals surface area contributed by atoms with Crippen LogP contribution in [0.15, 0.2) is 48.7 Å². The molecule has 38 heavy (non-hydrogen) atoms. The SMILES string of the molecule is CCC(CN1CCCC1)N(CC)C(=O)c1c[nH]c(/C=C2\C(=O)Nc3cccc(-c4cccc(Cl)c4)c32)c1C. The van der Waals surface area contributed by atoms with Gasteiger partial charge in [-0.25, -0.2) is 0 Å². The van der Waals surface area contributed by atoms with Crippen molar-refractivity contribution in [2.75, 3.05) is 31.5 Å². The third-order valence-corrected chi connectivity index (χ3v) is 8.08. The molecule has 2 N–H and O–H groups in total. The van der Waals surface area contributed by atoms with Crippen LogP contribution in [0.4, 0.5) is 5.69 Å². The number of likely N-dealkylation sites (N-methyl/N-ethyl adjacent to an activating group) is 1. The molecule has 2 aliphatic heterocycles. The van der Waals surface area contributed by atoms with Gasteiger partial charge in [0, 0.05) is 47.3 Å². The Balaban J connectivity index is 1.47. The maximum absolute atomic E-state index is 13.7. The van der Waals surface area contributed by atoms with E-state index in [9.17, 15) is 9.59 Å². The minimum atomic E-state index is -0.164. The fourth-order valence-electron chi connectivity index (χ4n) is 5.75. The highest BCUT2D eigenvalue weighted by Gasteiger charge is 2.30. The topological polar surface area (TPSA) is 68.4 Å². The summed E-state index contributed by atoms with van der Waals surface area (Å²) in [5, 5.41) is 3.63. The predicted molar refractivity (Wildman–Crippen MR) is 155 cm³/mol. The lowest BCUT2D eigenvalue weighted by Crippen LogP contribution is -2.46. The molecule has 0 spiro atoms. The van der Waals surface area contributed by atoms with Crippen molar-refractivity contribution >= 4 is 40.8 Å². The first kappa shape index (κ1) is 26.3. The Morgan fingerprint density at radius 2 is 1.92 bits per heavy atom. The van der Waals surface area contributed by atoms with Gasteiger partial charge in [0.2, 0.25) is 0 Å². The van der Waals surface area contributed by atoms with E-state index >= 15 is 0 Å². The molecule has 1 saturated heterocycles. The number of carbonyl (C=O) groups is 2. The van der Waals surface area contributed by atoms with Gasteiger partial charge in [0.05, 0.1) is 11.1 Å². The summed E-state index contributed by atoms with van der Waals surface area (Å²) in [5.41, 5.74) is 6.30. The number of aromatic nitrogens is 1. The van der Waals surface area contributed by atoms with Crippen molar-refractivity contribution in [3.8, 4) is 11.1 Å². The lowest BCUT2D eigenvalue weighted by molar-refractivity contribution is -0.110. The Labute approximate surface area is 229 Å². The zero-order valence-corrected chi connectivity index (χ0v) is 23.1. The van der Waals surface area contributed by atoms with Crippen LogP contribution in [-0.4, -0.2) is 58.8 Å². The summed E-state index contributed by atoms with van der Waals surface area (Å²) in [6.07, 6.45) is 7.03. The summed E-state index contributed by atoms with van der Waals surface area (Å²) in [7, 11) is 0. The molecule has 2 amide bonds. The van der Waals surface area contributed by atoms with Gasteiger partial charge >= 0.3 is 0 Å². The van der Waals surface area contributed by atoms with E-state index in [4.69, 9.17) is 11.6 Å². The molecule has 2 aliphatic rings. The molecule has 0 bridgehead atoms. The highest BCUT2D eigenvalue weighted by molar-refractivity contribution is 6.36. The number of H-pyrrole nitrogens is 1. The molecule has 0 saturated carbocycles. The van der Waals surface area contributed by atoms with Crippen LogP contribution < -0.4 is 5.32 Å². The Hall–Kier alpha value is -3.35. The first-order chi connectivity index (χ1) is 18.4. The maximum atomic E-state index is 13.7. The van der Waals surface area contributed by atoms with Crippen molar-refractivity contribution in [3.05, 3.63) is 76.1 Å². The van der Waals surface area contributed by atoms with Crippen molar-refractivity contribution in [1.29, 1.82) is 0 Å². The molecular formula is C31H35ClN4O2. The van der Waals surface area contributed by atoms with Crippen molar-refractivity contribution in [2.24, 2.45) is 0 Å². The van der Waals surface area contributed by atoms with E-state index in [1.165, 1.54) is 12.8 Å². The Kier molecular flexibility index (Phi) is 7.73. The summed E-state index contributed by atoms with van der Waals surface area (Å²) in [5.74, 6) is -0.129. The quantitative estimate of drug-likeness (QED) is 0.328. The third-order valence-electron chi connectivity index (χ3n) is 7.84. The Morgan fingerprint density at radius 1 is 1.16 bits per heavy atom. The van der Waals surface area contributed by atoms with Gasteiger partial charge < -0.3 is 20.1 Å². The second-order valence-corrected chi connectivity index (χ2v) is 10.6. The summed E-state index contributed by atoms with van der Waals surface area (Å²) < 4.78 is 0. The number of likely N-dealkylation sites (tertiary alicyclic amines) is 1. The predicted octanol–water partition coefficient (Wildman–Crippen LogP) is 6.47. The monoisotopic (exact) mass is 530 g/mol. The van der Waals surface area contributed by atoms with E-state index in [0.29, 0.717) is 22.7 Å². The number of nitrogens with one attached hydrogen (secondary N) is 2. The molecule has 1 fully saturated rings. The van der Waals surface area contributed by atoms with Crippen LogP contribution in [0.3, 0.4) is 0 Å². The first-order valence-electron chi connectivity index (χ1n) is 13.5. The molecule has 3 aromatic rings. The maximum Gasteiger partial charge on any atom is 0.256 e. The molecule has 1 atom stereocenters. The highest BCUT2D eigenvalue weighted by atomic mass is 35.5. The number of rotatable bonds is 8. The lowest BCUT2D eigenvalue weighted by Gasteiger charge is -2.33. The molecule has 7 heteroatoms. The normalized spacial score (nSPS) is 17.1. The van der Waals surface area contributed by atoms with E-state index in [1.54, 1.807) is 6.20 Å². The van der Waals surface area contributed by atoms with Gasteiger partial charge in [-0.3, -0.25) is 9.59 Å². The van der Waals surface area contributed by atoms with E-state index in [-0.39, 0.29) is 17.9 Å². The fourth-order valence-corrected chi connectivity index (χ4v) is 5.94. The van der Waals surface area contributed by atoms with Gasteiger partial charge in [-0.1, -0.05) is 42.8 Å². The number of hydrogen-bond acceptors (Lipinski definition) is 3. The van der Waals surface area contributed by atoms with Crippen LogP contribution in [0.1, 0.15) is 60.3 Å². The number of aromatic amines is 1. The van der Waals surface area contributed by atoms with E-state index in [1.807, 2.05) is 67.3 Å². The Bertz CT molecular complexity index is 1390. The molecule has 1 aromatic heterocycles. The van der Waals surface area contributed by atoms with Crippen molar-refractivity contribution < 1.29 is 9.59 Å². The molecule has 0 aliphatic carbocycles. The van der Waals surface area contributed by atoms with Gasteiger partial charge in [0.1, 0.15) is 0 Å². The van der Waals surface area contributed by atoms with Crippen LogP contribution in [-0.2, 0) is 4.79 Å². The molecule has 2 aromatic carbocycles. The lowest BCUT2D eigenvalue weighted by atomic mass is 9.94. The van der Waals surface area contributed by atoms with Crippen molar-refractivity contribution in [1.82, 2.24) is 14.8 Å². The molecule has 1 unspecified atom stereocenters. The smallest absolute Gasteiger partial charge is 0.256 e. The van der Waals surface area contributed by atoms with Crippen LogP contribution in [0, 0.1) is 6.92 Å². The second-order valence-electron chi connectivity index (χ2n) is 10.2. The third kappa shape index (κ3) is 5.03. The number of anilines is 1. The zero-order chi connectivity index (χ0) is 26.8. The second kappa shape index (κ2) is 11.2. The average Bonchev–Trinajstić information content (AvgIpc) is 3.63. The highest BCUT2D eigenvalue weighted by Crippen LogP contribution is 2.41. The van der Waals surface area contributed by atoms with Gasteiger partial charge in [-0.05, 0) is 87.2 Å². The fraction of sp³-hybridized carbons (Fsp3) is 0.355. The standard InChI is InChI=1S/C31H35ClN4O2/c1-4-23(19-35-14-6-7-15-35)36(5-2)31(38)26-18-33-28(20(26)3)17-25-29-24(21-10-8-11-22(32)16-21)12-9-13-27(29)34-30(25)37/h8-13,16-18,23,33H,4-7,14-15,19H2,1-3H3,(H,34,37)/b25-17-. The van der Waals surface area contributed by atoms with Crippen LogP contribution in [0.2, 0.25) is 5.02 Å². The van der Waals surface area contributed by atoms with Crippen LogP contribution in [0.25, 0.3) is 22.8 Å². The minimum absolute atomic E-state index is 0.0350. The number of benzene rings is 2. The number of carbonyl (C=O) groups excluding carboxylic acids is 2. The molecule has 3 heterocycles. The zero-order valence-electron chi connectivity index (χ0n) is 22.3. The van der Waals surface area contributed by atoms with Crippen molar-refractivity contribution in [2.45, 2.75) is 46.1 Å². The number of halogens is 1. The van der Waals surface area contributed by atoms with Crippen LogP contribution in [0.5, 0.6) is 0 Å². The number of amides is 2. The summed E-state index contributed by atoms with van der Waals surface area (Å²) >= 11 is 6.27. The molecule has 5 rings (SSSR count). The molecule has 0 radical (unpaired) electrons. The van der Waals surface area contributed by atoms with E-state index in [0.717, 1.165) is 59.7 Å². The van der Waals surface area contributed by atoms with Gasteiger partial charge in [-0.15, -0.1) is 0 Å². The van der Waals surface area contributed by atoms with Gasteiger partial charge in [-0.2, -0.15) is 0 Å². The van der Waals surface area contributed by atoms with E-state index < -0.39 is 0 Å². The number of fused-ring (bicyclic) bond motifs is 1. The van der Waals surface area contributed by atoms with Crippen molar-refractivity contribution in [3.63, 3.8) is 0 Å². The van der Waals surface area contributed by atoms with E-state index in [2.05, 4.69) is 22.1 Å². The summed E-state index contributed by atoms with van der Waals surface area (Å²) in [4.78, 5) is 34.6. The van der Waals surface area contributed by atoms with Gasteiger partial charge in [0.15, 0.2) is 0 Å². The average molecular weight is 531 g/mol. The molecule has 6 nitrogen and oxygen atoms in total. The number of nitrogens with zero attached hydrogens (tertiary/aromatic N) is 2. The molecular weight excluding hydrogens is 496 g/mol. The van der Waals surface area contributed by atoms with Gasteiger partial charge in [0.25, 0.3) is 11.8 Å². The Morgan fingerprint density at radius 3 is 2.63 bits per heavy atom.